The van der Waals surface area contributed by atoms with Gasteiger partial charge in [0, 0.05) is 0 Å². The lowest BCUT2D eigenvalue weighted by molar-refractivity contribution is 0.0594. The number of carbonyl (C=O) groups excluding carboxylic acids is 1. The first kappa shape index (κ1) is 9.91. The number of esters is 1. The second kappa shape index (κ2) is 3.69. The van der Waals surface area contributed by atoms with Gasteiger partial charge < -0.3 is 10.5 Å². The van der Waals surface area contributed by atoms with Crippen LogP contribution in [-0.2, 0) is 4.74 Å². The molecule has 0 radical (unpaired) electrons. The van der Waals surface area contributed by atoms with Crippen LogP contribution in [-0.4, -0.2) is 23.0 Å². The largest absolute Gasteiger partial charge is 0.464 e. The Labute approximate surface area is 83.4 Å². The second-order valence-electron chi connectivity index (χ2n) is 2.33. The van der Waals surface area contributed by atoms with Crippen molar-refractivity contribution in [1.29, 1.82) is 0 Å². The molecule has 70 valence electrons. The molecule has 0 unspecified atom stereocenters. The van der Waals surface area contributed by atoms with Gasteiger partial charge in [-0.15, -0.1) is 0 Å². The highest BCUT2D eigenvalue weighted by Gasteiger charge is 2.14. The summed E-state index contributed by atoms with van der Waals surface area (Å²) in [4.78, 5) is 18.9. The van der Waals surface area contributed by atoms with Crippen LogP contribution in [0.1, 0.15) is 16.2 Å². The van der Waals surface area contributed by atoms with E-state index in [1.807, 2.05) is 0 Å². The van der Waals surface area contributed by atoms with Gasteiger partial charge in [0.2, 0.25) is 0 Å². The van der Waals surface area contributed by atoms with Crippen LogP contribution in [0.2, 0.25) is 0 Å². The van der Waals surface area contributed by atoms with Gasteiger partial charge in [0.25, 0.3) is 0 Å². The zero-order chi connectivity index (χ0) is 10.0. The van der Waals surface area contributed by atoms with Gasteiger partial charge in [0.05, 0.1) is 12.8 Å². The zero-order valence-corrected chi connectivity index (χ0v) is 8.75. The lowest BCUT2D eigenvalue weighted by Gasteiger charge is -2.03. The zero-order valence-electron chi connectivity index (χ0n) is 7.17. The molecular weight excluding hydrogens is 238 g/mol. The van der Waals surface area contributed by atoms with Crippen molar-refractivity contribution in [3.8, 4) is 0 Å². The summed E-state index contributed by atoms with van der Waals surface area (Å²) < 4.78 is 4.96. The van der Waals surface area contributed by atoms with Crippen molar-refractivity contribution in [3.05, 3.63) is 16.0 Å². The predicted molar refractivity (Wildman–Crippen MR) is 50.2 cm³/mol. The Balaban J connectivity index is 3.23. The van der Waals surface area contributed by atoms with E-state index >= 15 is 0 Å². The Hall–Kier alpha value is -1.17. The first-order chi connectivity index (χ1) is 6.06. The van der Waals surface area contributed by atoms with Gasteiger partial charge in [-0.1, -0.05) is 0 Å². The molecule has 1 aromatic rings. The van der Waals surface area contributed by atoms with Crippen LogP contribution in [0.5, 0.6) is 0 Å². The van der Waals surface area contributed by atoms with Gasteiger partial charge in [-0.3, -0.25) is 0 Å². The van der Waals surface area contributed by atoms with E-state index in [9.17, 15) is 4.79 Å². The molecule has 2 N–H and O–H groups in total. The van der Waals surface area contributed by atoms with Gasteiger partial charge in [0.1, 0.15) is 4.60 Å². The van der Waals surface area contributed by atoms with Crippen LogP contribution in [0.15, 0.2) is 4.60 Å². The molecule has 0 saturated heterocycles. The highest BCUT2D eigenvalue weighted by molar-refractivity contribution is 9.10. The summed E-state index contributed by atoms with van der Waals surface area (Å²) in [5, 5.41) is 0. The Morgan fingerprint density at radius 3 is 2.69 bits per heavy atom. The Morgan fingerprint density at radius 1 is 1.54 bits per heavy atom. The van der Waals surface area contributed by atoms with Crippen molar-refractivity contribution < 1.29 is 9.53 Å². The standard InChI is InChI=1S/C7H8BrN3O2/c1-3-5(8)11-4(6(9)10-3)7(12)13-2/h1-2H3,(H2,9,10). The van der Waals surface area contributed by atoms with Crippen LogP contribution in [0, 0.1) is 6.92 Å². The van der Waals surface area contributed by atoms with E-state index in [2.05, 4.69) is 30.6 Å². The van der Waals surface area contributed by atoms with Gasteiger partial charge in [-0.2, -0.15) is 0 Å². The van der Waals surface area contributed by atoms with Crippen molar-refractivity contribution in [2.45, 2.75) is 6.92 Å². The molecule has 5 nitrogen and oxygen atoms in total. The Morgan fingerprint density at radius 2 is 2.15 bits per heavy atom. The Kier molecular flexibility index (Phi) is 2.82. The molecule has 1 heterocycles. The average Bonchev–Trinajstić information content (AvgIpc) is 2.10. The maximum Gasteiger partial charge on any atom is 0.360 e. The minimum absolute atomic E-state index is 0.0278. The number of rotatable bonds is 1. The number of halogens is 1. The molecule has 0 aliphatic carbocycles. The molecule has 1 rings (SSSR count). The van der Waals surface area contributed by atoms with Crippen molar-refractivity contribution in [1.82, 2.24) is 9.97 Å². The van der Waals surface area contributed by atoms with Gasteiger partial charge in [-0.25, -0.2) is 14.8 Å². The predicted octanol–water partition coefficient (Wildman–Crippen LogP) is 0.916. The third-order valence-electron chi connectivity index (χ3n) is 1.42. The van der Waals surface area contributed by atoms with Crippen molar-refractivity contribution >= 4 is 27.7 Å². The van der Waals surface area contributed by atoms with Crippen LogP contribution < -0.4 is 5.73 Å². The summed E-state index contributed by atoms with van der Waals surface area (Å²) in [5.41, 5.74) is 6.13. The molecule has 0 atom stereocenters. The van der Waals surface area contributed by atoms with Crippen LogP contribution in [0.4, 0.5) is 5.82 Å². The van der Waals surface area contributed by atoms with Gasteiger partial charge in [-0.05, 0) is 22.9 Å². The molecule has 0 amide bonds. The first-order valence-electron chi connectivity index (χ1n) is 3.44. The summed E-state index contributed by atoms with van der Waals surface area (Å²) in [5.74, 6) is -0.516. The first-order valence-corrected chi connectivity index (χ1v) is 4.23. The monoisotopic (exact) mass is 245 g/mol. The highest BCUT2D eigenvalue weighted by Crippen LogP contribution is 2.15. The quantitative estimate of drug-likeness (QED) is 0.745. The number of nitrogen functional groups attached to an aromatic ring is 1. The van der Waals surface area contributed by atoms with Gasteiger partial charge in [0.15, 0.2) is 11.5 Å². The third kappa shape index (κ3) is 1.95. The smallest absolute Gasteiger partial charge is 0.360 e. The molecule has 0 bridgehead atoms. The maximum absolute atomic E-state index is 11.1. The molecule has 0 fully saturated rings. The number of hydrogen-bond acceptors (Lipinski definition) is 5. The van der Waals surface area contributed by atoms with Crippen LogP contribution in [0.25, 0.3) is 0 Å². The average molecular weight is 246 g/mol. The minimum Gasteiger partial charge on any atom is -0.464 e. The van der Waals surface area contributed by atoms with E-state index < -0.39 is 5.97 Å². The van der Waals surface area contributed by atoms with E-state index in [0.717, 1.165) is 0 Å². The molecule has 13 heavy (non-hydrogen) atoms. The summed E-state index contributed by atoms with van der Waals surface area (Å²) in [6, 6.07) is 0. The number of hydrogen-bond donors (Lipinski definition) is 1. The molecule has 0 spiro atoms. The van der Waals surface area contributed by atoms with Crippen LogP contribution >= 0.6 is 15.9 Å². The third-order valence-corrected chi connectivity index (χ3v) is 2.17. The molecule has 1 aromatic heterocycles. The van der Waals surface area contributed by atoms with E-state index in [1.165, 1.54) is 7.11 Å². The van der Waals surface area contributed by atoms with Crippen molar-refractivity contribution in [3.63, 3.8) is 0 Å². The van der Waals surface area contributed by atoms with E-state index in [4.69, 9.17) is 5.73 Å². The molecule has 0 aromatic carbocycles. The maximum atomic E-state index is 11.1. The lowest BCUT2D eigenvalue weighted by Crippen LogP contribution is -2.11. The summed E-state index contributed by atoms with van der Waals surface area (Å²) in [7, 11) is 1.26. The van der Waals surface area contributed by atoms with Crippen molar-refractivity contribution in [2.24, 2.45) is 0 Å². The number of aryl methyl sites for hydroxylation is 1. The topological polar surface area (TPSA) is 78.1 Å². The Bertz CT molecular complexity index is 354. The summed E-state index contributed by atoms with van der Waals surface area (Å²) >= 11 is 3.14. The number of nitrogens with zero attached hydrogens (tertiary/aromatic N) is 2. The van der Waals surface area contributed by atoms with E-state index in [1.54, 1.807) is 6.92 Å². The summed E-state index contributed by atoms with van der Waals surface area (Å²) in [6.45, 7) is 1.73. The number of ether oxygens (including phenoxy) is 1. The number of carbonyl (C=O) groups is 1. The second-order valence-corrected chi connectivity index (χ2v) is 3.08. The molecular formula is C7H8BrN3O2. The number of methoxy groups -OCH3 is 1. The molecule has 0 saturated carbocycles. The van der Waals surface area contributed by atoms with E-state index in [-0.39, 0.29) is 11.5 Å². The fraction of sp³-hybridized carbons (Fsp3) is 0.286. The molecule has 0 aliphatic heterocycles. The molecule has 6 heteroatoms. The fourth-order valence-corrected chi connectivity index (χ4v) is 1.03. The van der Waals surface area contributed by atoms with Gasteiger partial charge >= 0.3 is 5.97 Å². The lowest BCUT2D eigenvalue weighted by atomic mass is 10.4. The SMILES string of the molecule is COC(=O)c1nc(Br)c(C)nc1N. The summed E-state index contributed by atoms with van der Waals surface area (Å²) in [6.07, 6.45) is 0. The van der Waals surface area contributed by atoms with E-state index in [0.29, 0.717) is 10.3 Å². The molecule has 0 aliphatic rings. The van der Waals surface area contributed by atoms with Crippen molar-refractivity contribution in [2.75, 3.05) is 12.8 Å². The normalized spacial score (nSPS) is 9.77. The highest BCUT2D eigenvalue weighted by atomic mass is 79.9. The van der Waals surface area contributed by atoms with Crippen LogP contribution in [0.3, 0.4) is 0 Å². The minimum atomic E-state index is -0.592. The number of anilines is 1. The fourth-order valence-electron chi connectivity index (χ4n) is 0.763. The number of nitrogens with two attached hydrogens (primary N) is 1. The number of aromatic nitrogens is 2.